The zero-order valence-electron chi connectivity index (χ0n) is 9.69. The van der Waals surface area contributed by atoms with Crippen molar-refractivity contribution in [1.29, 1.82) is 0 Å². The van der Waals surface area contributed by atoms with E-state index in [4.69, 9.17) is 9.26 Å². The van der Waals surface area contributed by atoms with Crippen LogP contribution in [0.4, 0.5) is 0 Å². The SMILES string of the molecule is Cc1noc(C)c1S(=O)(=O)NCCOCCBr. The Bertz CT molecular complexity index is 438. The van der Waals surface area contributed by atoms with E-state index in [0.717, 1.165) is 5.33 Å². The Labute approximate surface area is 109 Å². The predicted molar refractivity (Wildman–Crippen MR) is 65.8 cm³/mol. The summed E-state index contributed by atoms with van der Waals surface area (Å²) in [5.41, 5.74) is 0.358. The number of sulfonamides is 1. The van der Waals surface area contributed by atoms with Gasteiger partial charge in [0.2, 0.25) is 10.0 Å². The van der Waals surface area contributed by atoms with Crippen molar-refractivity contribution in [3.8, 4) is 0 Å². The maximum Gasteiger partial charge on any atom is 0.246 e. The Hall–Kier alpha value is -0.440. The Morgan fingerprint density at radius 2 is 2.12 bits per heavy atom. The van der Waals surface area contributed by atoms with E-state index in [1.807, 2.05) is 0 Å². The summed E-state index contributed by atoms with van der Waals surface area (Å²) >= 11 is 3.21. The average molecular weight is 327 g/mol. The van der Waals surface area contributed by atoms with Crippen LogP contribution >= 0.6 is 15.9 Å². The number of rotatable bonds is 7. The third-order valence-electron chi connectivity index (χ3n) is 2.00. The van der Waals surface area contributed by atoms with Gasteiger partial charge in [0, 0.05) is 11.9 Å². The van der Waals surface area contributed by atoms with E-state index < -0.39 is 10.0 Å². The molecule has 17 heavy (non-hydrogen) atoms. The summed E-state index contributed by atoms with van der Waals surface area (Å²) in [6, 6.07) is 0. The van der Waals surface area contributed by atoms with Crippen LogP contribution < -0.4 is 4.72 Å². The summed E-state index contributed by atoms with van der Waals surface area (Å²) in [7, 11) is -3.56. The van der Waals surface area contributed by atoms with Crippen LogP contribution in [0.5, 0.6) is 0 Å². The van der Waals surface area contributed by atoms with E-state index in [1.165, 1.54) is 0 Å². The predicted octanol–water partition coefficient (Wildman–Crippen LogP) is 0.981. The average Bonchev–Trinajstić information content (AvgIpc) is 2.58. The molecule has 0 aliphatic rings. The first-order valence-corrected chi connectivity index (χ1v) is 7.65. The largest absolute Gasteiger partial charge is 0.379 e. The molecule has 0 spiro atoms. The Kier molecular flexibility index (Phi) is 5.57. The van der Waals surface area contributed by atoms with Crippen LogP contribution in [0, 0.1) is 13.8 Å². The zero-order chi connectivity index (χ0) is 12.9. The molecule has 1 rings (SSSR count). The van der Waals surface area contributed by atoms with Crippen molar-refractivity contribution in [2.24, 2.45) is 0 Å². The first-order chi connectivity index (χ1) is 7.99. The van der Waals surface area contributed by atoms with Crippen molar-refractivity contribution in [2.75, 3.05) is 25.1 Å². The number of hydrogen-bond acceptors (Lipinski definition) is 5. The lowest BCUT2D eigenvalue weighted by Crippen LogP contribution is -2.28. The molecule has 0 aromatic carbocycles. The van der Waals surface area contributed by atoms with Gasteiger partial charge in [-0.1, -0.05) is 21.1 Å². The molecule has 0 atom stereocenters. The monoisotopic (exact) mass is 326 g/mol. The van der Waals surface area contributed by atoms with Crippen LogP contribution in [-0.4, -0.2) is 38.7 Å². The lowest BCUT2D eigenvalue weighted by atomic mass is 10.4. The molecule has 0 radical (unpaired) electrons. The molecule has 1 heterocycles. The van der Waals surface area contributed by atoms with Gasteiger partial charge in [0.15, 0.2) is 5.76 Å². The quantitative estimate of drug-likeness (QED) is 0.596. The number of hydrogen-bond donors (Lipinski definition) is 1. The first kappa shape index (κ1) is 14.6. The maximum absolute atomic E-state index is 11.9. The Morgan fingerprint density at radius 1 is 1.41 bits per heavy atom. The number of nitrogens with one attached hydrogen (secondary N) is 1. The summed E-state index contributed by atoms with van der Waals surface area (Å²) in [6.45, 7) is 4.25. The van der Waals surface area contributed by atoms with Crippen molar-refractivity contribution in [2.45, 2.75) is 18.7 Å². The van der Waals surface area contributed by atoms with E-state index in [-0.39, 0.29) is 17.2 Å². The second-order valence-electron chi connectivity index (χ2n) is 3.35. The molecule has 0 amide bonds. The Balaban J connectivity index is 2.58. The highest BCUT2D eigenvalue weighted by atomic mass is 79.9. The van der Waals surface area contributed by atoms with Gasteiger partial charge in [0.25, 0.3) is 0 Å². The minimum atomic E-state index is -3.56. The highest BCUT2D eigenvalue weighted by Crippen LogP contribution is 2.18. The third-order valence-corrected chi connectivity index (χ3v) is 4.02. The molecule has 0 bridgehead atoms. The van der Waals surface area contributed by atoms with Crippen LogP contribution in [0.1, 0.15) is 11.5 Å². The lowest BCUT2D eigenvalue weighted by Gasteiger charge is -2.06. The van der Waals surface area contributed by atoms with Crippen LogP contribution in [0.25, 0.3) is 0 Å². The molecule has 0 fully saturated rings. The fourth-order valence-electron chi connectivity index (χ4n) is 1.34. The van der Waals surface area contributed by atoms with Gasteiger partial charge in [0.05, 0.1) is 13.2 Å². The van der Waals surface area contributed by atoms with Crippen LogP contribution in [0.3, 0.4) is 0 Å². The summed E-state index contributed by atoms with van der Waals surface area (Å²) in [5.74, 6) is 0.288. The van der Waals surface area contributed by atoms with Gasteiger partial charge in [-0.25, -0.2) is 13.1 Å². The van der Waals surface area contributed by atoms with Crippen LogP contribution in [0.2, 0.25) is 0 Å². The molecule has 0 unspecified atom stereocenters. The van der Waals surface area contributed by atoms with Gasteiger partial charge in [-0.15, -0.1) is 0 Å². The highest BCUT2D eigenvalue weighted by Gasteiger charge is 2.23. The number of nitrogens with zero attached hydrogens (tertiary/aromatic N) is 1. The number of aryl methyl sites for hydroxylation is 2. The third kappa shape index (κ3) is 4.06. The van der Waals surface area contributed by atoms with E-state index in [0.29, 0.717) is 18.9 Å². The Morgan fingerprint density at radius 3 is 2.65 bits per heavy atom. The van der Waals surface area contributed by atoms with Gasteiger partial charge in [-0.3, -0.25) is 0 Å². The summed E-state index contributed by atoms with van der Waals surface area (Å²) < 4.78 is 36.2. The molecular weight excluding hydrogens is 312 g/mol. The topological polar surface area (TPSA) is 81.4 Å². The normalized spacial score (nSPS) is 11.9. The van der Waals surface area contributed by atoms with Gasteiger partial charge in [-0.2, -0.15) is 0 Å². The second-order valence-corrected chi connectivity index (χ2v) is 5.85. The molecule has 1 aromatic rings. The van der Waals surface area contributed by atoms with Crippen LogP contribution in [-0.2, 0) is 14.8 Å². The van der Waals surface area contributed by atoms with Crippen molar-refractivity contribution in [1.82, 2.24) is 9.88 Å². The molecule has 8 heteroatoms. The minimum Gasteiger partial charge on any atom is -0.379 e. The van der Waals surface area contributed by atoms with Gasteiger partial charge in [0.1, 0.15) is 10.6 Å². The van der Waals surface area contributed by atoms with Gasteiger partial charge in [-0.05, 0) is 13.8 Å². The number of aromatic nitrogens is 1. The van der Waals surface area contributed by atoms with E-state index in [1.54, 1.807) is 13.8 Å². The number of ether oxygens (including phenoxy) is 1. The molecule has 0 aliphatic heterocycles. The second kappa shape index (κ2) is 6.48. The summed E-state index contributed by atoms with van der Waals surface area (Å²) in [4.78, 5) is 0.109. The molecule has 0 aliphatic carbocycles. The number of halogens is 1. The lowest BCUT2D eigenvalue weighted by molar-refractivity contribution is 0.156. The maximum atomic E-state index is 11.9. The fourth-order valence-corrected chi connectivity index (χ4v) is 2.90. The van der Waals surface area contributed by atoms with Gasteiger partial charge < -0.3 is 9.26 Å². The fraction of sp³-hybridized carbons (Fsp3) is 0.667. The van der Waals surface area contributed by atoms with Crippen molar-refractivity contribution < 1.29 is 17.7 Å². The molecule has 98 valence electrons. The van der Waals surface area contributed by atoms with Gasteiger partial charge >= 0.3 is 0 Å². The molecule has 0 saturated heterocycles. The smallest absolute Gasteiger partial charge is 0.246 e. The van der Waals surface area contributed by atoms with Crippen molar-refractivity contribution in [3.05, 3.63) is 11.5 Å². The van der Waals surface area contributed by atoms with E-state index in [2.05, 4.69) is 25.8 Å². The minimum absolute atomic E-state index is 0.109. The zero-order valence-corrected chi connectivity index (χ0v) is 12.1. The van der Waals surface area contributed by atoms with Crippen molar-refractivity contribution in [3.63, 3.8) is 0 Å². The number of alkyl halides is 1. The van der Waals surface area contributed by atoms with E-state index in [9.17, 15) is 8.42 Å². The van der Waals surface area contributed by atoms with E-state index >= 15 is 0 Å². The van der Waals surface area contributed by atoms with Crippen LogP contribution in [0.15, 0.2) is 9.42 Å². The van der Waals surface area contributed by atoms with Crippen molar-refractivity contribution >= 4 is 26.0 Å². The molecule has 1 N–H and O–H groups in total. The molecule has 0 saturated carbocycles. The first-order valence-electron chi connectivity index (χ1n) is 5.05. The summed E-state index contributed by atoms with van der Waals surface area (Å²) in [6.07, 6.45) is 0. The molecule has 6 nitrogen and oxygen atoms in total. The molecular formula is C9H15BrN2O4S. The molecule has 1 aromatic heterocycles. The highest BCUT2D eigenvalue weighted by molar-refractivity contribution is 9.09. The standard InChI is InChI=1S/C9H15BrN2O4S/c1-7-9(8(2)16-12-7)17(13,14)11-4-6-15-5-3-10/h11H,3-6H2,1-2H3. The summed E-state index contributed by atoms with van der Waals surface area (Å²) in [5, 5.41) is 4.33.